The van der Waals surface area contributed by atoms with Gasteiger partial charge >= 0.3 is 0 Å². The Bertz CT molecular complexity index is 641. The van der Waals surface area contributed by atoms with Gasteiger partial charge < -0.3 is 9.80 Å². The minimum atomic E-state index is 0.314. The highest BCUT2D eigenvalue weighted by atomic mass is 16.2. The van der Waals surface area contributed by atoms with E-state index in [9.17, 15) is 4.79 Å². The molecule has 3 heterocycles. The highest BCUT2D eigenvalue weighted by Gasteiger charge is 2.37. The summed E-state index contributed by atoms with van der Waals surface area (Å²) >= 11 is 0. The van der Waals surface area contributed by atoms with Gasteiger partial charge in [-0.2, -0.15) is 0 Å². The SMILES string of the molecule is Cc1cnc(C)c(N2CCN(C(=O)CCN3C[C@H]4CC[C@@H]3C4)CC2)n1. The van der Waals surface area contributed by atoms with Gasteiger partial charge in [0.25, 0.3) is 0 Å². The van der Waals surface area contributed by atoms with Crippen molar-refractivity contribution in [1.82, 2.24) is 19.8 Å². The molecule has 0 radical (unpaired) electrons. The third-order valence-corrected chi connectivity index (χ3v) is 6.12. The lowest BCUT2D eigenvalue weighted by molar-refractivity contribution is -0.131. The third-order valence-electron chi connectivity index (χ3n) is 6.12. The Balaban J connectivity index is 1.26. The number of piperazine rings is 1. The van der Waals surface area contributed by atoms with E-state index in [1.54, 1.807) is 0 Å². The fourth-order valence-corrected chi connectivity index (χ4v) is 4.69. The standard InChI is InChI=1S/C19H29N5O/c1-14-12-20-15(2)19(21-14)23-9-7-22(8-10-23)18(25)5-6-24-13-16-3-4-17(24)11-16/h12,16-17H,3-11,13H2,1-2H3/t16-,17+/m0/s1. The third kappa shape index (κ3) is 3.50. The van der Waals surface area contributed by atoms with Crippen molar-refractivity contribution in [1.29, 1.82) is 0 Å². The summed E-state index contributed by atoms with van der Waals surface area (Å²) < 4.78 is 0. The van der Waals surface area contributed by atoms with Gasteiger partial charge in [0.1, 0.15) is 5.82 Å². The second kappa shape index (κ2) is 6.90. The number of hydrogen-bond donors (Lipinski definition) is 0. The van der Waals surface area contributed by atoms with Gasteiger partial charge in [-0.25, -0.2) is 4.98 Å². The minimum Gasteiger partial charge on any atom is -0.352 e. The Kier molecular flexibility index (Phi) is 4.63. The smallest absolute Gasteiger partial charge is 0.223 e. The summed E-state index contributed by atoms with van der Waals surface area (Å²) in [6, 6.07) is 0.762. The molecular formula is C19H29N5O. The molecule has 6 heteroatoms. The first-order valence-electron chi connectivity index (χ1n) is 9.67. The van der Waals surface area contributed by atoms with E-state index < -0.39 is 0 Å². The molecule has 0 aromatic carbocycles. The quantitative estimate of drug-likeness (QED) is 0.831. The molecule has 1 amide bonds. The molecule has 2 bridgehead atoms. The summed E-state index contributed by atoms with van der Waals surface area (Å²) in [5.74, 6) is 2.19. The Morgan fingerprint density at radius 1 is 1.20 bits per heavy atom. The van der Waals surface area contributed by atoms with Crippen LogP contribution in [0.15, 0.2) is 6.20 Å². The van der Waals surface area contributed by atoms with E-state index in [2.05, 4.69) is 19.8 Å². The van der Waals surface area contributed by atoms with Gasteiger partial charge in [0.2, 0.25) is 5.91 Å². The van der Waals surface area contributed by atoms with Crippen LogP contribution in [0.2, 0.25) is 0 Å². The number of piperidine rings is 1. The highest BCUT2D eigenvalue weighted by Crippen LogP contribution is 2.37. The maximum atomic E-state index is 12.6. The molecule has 1 aliphatic carbocycles. The molecule has 6 nitrogen and oxygen atoms in total. The molecule has 3 aliphatic rings. The average molecular weight is 343 g/mol. The van der Waals surface area contributed by atoms with E-state index in [-0.39, 0.29) is 0 Å². The monoisotopic (exact) mass is 343 g/mol. The molecule has 4 rings (SSSR count). The van der Waals surface area contributed by atoms with Crippen molar-refractivity contribution in [3.05, 3.63) is 17.6 Å². The lowest BCUT2D eigenvalue weighted by atomic mass is 10.1. The number of rotatable bonds is 4. The number of likely N-dealkylation sites (tertiary alicyclic amines) is 1. The maximum absolute atomic E-state index is 12.6. The lowest BCUT2D eigenvalue weighted by Gasteiger charge is -2.36. The highest BCUT2D eigenvalue weighted by molar-refractivity contribution is 5.76. The number of amides is 1. The number of anilines is 1. The van der Waals surface area contributed by atoms with E-state index in [1.807, 2.05) is 24.9 Å². The molecule has 25 heavy (non-hydrogen) atoms. The summed E-state index contributed by atoms with van der Waals surface area (Å²) in [5, 5.41) is 0. The molecular weight excluding hydrogens is 314 g/mol. The largest absolute Gasteiger partial charge is 0.352 e. The second-order valence-corrected chi connectivity index (χ2v) is 7.87. The van der Waals surface area contributed by atoms with Crippen molar-refractivity contribution in [2.75, 3.05) is 44.2 Å². The summed E-state index contributed by atoms with van der Waals surface area (Å²) in [5.41, 5.74) is 1.91. The molecule has 2 saturated heterocycles. The Labute approximate surface area is 150 Å². The average Bonchev–Trinajstić information content (AvgIpc) is 3.25. The van der Waals surface area contributed by atoms with Crippen molar-refractivity contribution in [2.45, 2.75) is 45.6 Å². The molecule has 1 aromatic rings. The zero-order valence-corrected chi connectivity index (χ0v) is 15.4. The van der Waals surface area contributed by atoms with Crippen molar-refractivity contribution < 1.29 is 4.79 Å². The van der Waals surface area contributed by atoms with Crippen molar-refractivity contribution >= 4 is 11.7 Å². The lowest BCUT2D eigenvalue weighted by Crippen LogP contribution is -2.50. The van der Waals surface area contributed by atoms with Crippen LogP contribution in [0, 0.1) is 19.8 Å². The Morgan fingerprint density at radius 2 is 2.00 bits per heavy atom. The fraction of sp³-hybridized carbons (Fsp3) is 0.737. The summed E-state index contributed by atoms with van der Waals surface area (Å²) in [7, 11) is 0. The van der Waals surface area contributed by atoms with E-state index in [4.69, 9.17) is 0 Å². The molecule has 136 valence electrons. The molecule has 0 N–H and O–H groups in total. The van der Waals surface area contributed by atoms with Crippen molar-refractivity contribution in [2.24, 2.45) is 5.92 Å². The maximum Gasteiger partial charge on any atom is 0.223 e. The number of carbonyl (C=O) groups excluding carboxylic acids is 1. The van der Waals surface area contributed by atoms with Crippen LogP contribution in [-0.2, 0) is 4.79 Å². The van der Waals surface area contributed by atoms with Gasteiger partial charge in [0.05, 0.1) is 11.4 Å². The van der Waals surface area contributed by atoms with Crippen LogP contribution < -0.4 is 4.90 Å². The molecule has 2 atom stereocenters. The van der Waals surface area contributed by atoms with E-state index in [0.29, 0.717) is 12.3 Å². The molecule has 1 aromatic heterocycles. The number of hydrogen-bond acceptors (Lipinski definition) is 5. The predicted octanol–water partition coefficient (Wildman–Crippen LogP) is 1.62. The first kappa shape index (κ1) is 16.8. The van der Waals surface area contributed by atoms with Gasteiger partial charge in [-0.05, 0) is 39.0 Å². The first-order valence-corrected chi connectivity index (χ1v) is 9.67. The number of aryl methyl sites for hydroxylation is 2. The van der Waals surface area contributed by atoms with E-state index >= 15 is 0 Å². The van der Waals surface area contributed by atoms with Crippen LogP contribution >= 0.6 is 0 Å². The topological polar surface area (TPSA) is 52.6 Å². The zero-order chi connectivity index (χ0) is 17.4. The van der Waals surface area contributed by atoms with Gasteiger partial charge in [-0.15, -0.1) is 0 Å². The number of aromatic nitrogens is 2. The van der Waals surface area contributed by atoms with Gasteiger partial charge in [0.15, 0.2) is 0 Å². The normalized spacial score (nSPS) is 26.5. The number of nitrogens with zero attached hydrogens (tertiary/aromatic N) is 5. The zero-order valence-electron chi connectivity index (χ0n) is 15.4. The van der Waals surface area contributed by atoms with Gasteiger partial charge in [0, 0.05) is 57.9 Å². The van der Waals surface area contributed by atoms with E-state index in [0.717, 1.165) is 61.9 Å². The van der Waals surface area contributed by atoms with Crippen LogP contribution in [0.25, 0.3) is 0 Å². The summed E-state index contributed by atoms with van der Waals surface area (Å²) in [6.45, 7) is 9.42. The minimum absolute atomic E-state index is 0.314. The van der Waals surface area contributed by atoms with Crippen LogP contribution in [0.4, 0.5) is 5.82 Å². The fourth-order valence-electron chi connectivity index (χ4n) is 4.69. The Morgan fingerprint density at radius 3 is 2.68 bits per heavy atom. The first-order chi connectivity index (χ1) is 12.1. The Hall–Kier alpha value is -1.69. The second-order valence-electron chi connectivity index (χ2n) is 7.87. The molecule has 2 aliphatic heterocycles. The number of carbonyl (C=O) groups is 1. The molecule has 0 spiro atoms. The van der Waals surface area contributed by atoms with Crippen molar-refractivity contribution in [3.63, 3.8) is 0 Å². The van der Waals surface area contributed by atoms with Crippen LogP contribution in [-0.4, -0.2) is 71.0 Å². The van der Waals surface area contributed by atoms with Gasteiger partial charge in [-0.3, -0.25) is 14.7 Å². The molecule has 0 unspecified atom stereocenters. The number of fused-ring (bicyclic) bond motifs is 2. The predicted molar refractivity (Wildman–Crippen MR) is 97.6 cm³/mol. The van der Waals surface area contributed by atoms with Crippen LogP contribution in [0.3, 0.4) is 0 Å². The van der Waals surface area contributed by atoms with E-state index in [1.165, 1.54) is 25.8 Å². The summed E-state index contributed by atoms with van der Waals surface area (Å²) in [6.07, 6.45) is 6.59. The van der Waals surface area contributed by atoms with Gasteiger partial charge in [-0.1, -0.05) is 0 Å². The van der Waals surface area contributed by atoms with Crippen LogP contribution in [0.1, 0.15) is 37.1 Å². The summed E-state index contributed by atoms with van der Waals surface area (Å²) in [4.78, 5) is 28.5. The molecule has 1 saturated carbocycles. The van der Waals surface area contributed by atoms with Crippen LogP contribution in [0.5, 0.6) is 0 Å². The van der Waals surface area contributed by atoms with Crippen molar-refractivity contribution in [3.8, 4) is 0 Å². The molecule has 3 fully saturated rings.